The molecule has 0 aliphatic carbocycles. The molecule has 0 heterocycles. The molecule has 0 fully saturated rings. The summed E-state index contributed by atoms with van der Waals surface area (Å²) in [7, 11) is 0. The standard InChI is InChI=1S/C14H6ClF5O/c15-10-4-2-8(6-12(10)17)13(21)7-1-3-9(11(16)5-7)14(18,19)20/h1-6H. The Kier molecular flexibility index (Phi) is 4.00. The number of carbonyl (C=O) groups excluding carboxylic acids is 1. The summed E-state index contributed by atoms with van der Waals surface area (Å²) in [5.74, 6) is -3.23. The Morgan fingerprint density at radius 1 is 0.905 bits per heavy atom. The second-order valence-electron chi connectivity index (χ2n) is 4.15. The Hall–Kier alpha value is -1.95. The molecule has 21 heavy (non-hydrogen) atoms. The van der Waals surface area contributed by atoms with Crippen LogP contribution in [0.3, 0.4) is 0 Å². The second kappa shape index (κ2) is 5.44. The van der Waals surface area contributed by atoms with Crippen LogP contribution in [0.2, 0.25) is 5.02 Å². The van der Waals surface area contributed by atoms with Gasteiger partial charge in [-0.3, -0.25) is 4.79 Å². The van der Waals surface area contributed by atoms with E-state index in [1.54, 1.807) is 0 Å². The Balaban J connectivity index is 2.40. The summed E-state index contributed by atoms with van der Waals surface area (Å²) in [5, 5.41) is -0.204. The molecule has 2 rings (SSSR count). The number of carbonyl (C=O) groups is 1. The van der Waals surface area contributed by atoms with Gasteiger partial charge in [0.05, 0.1) is 10.6 Å². The van der Waals surface area contributed by atoms with Crippen LogP contribution in [0.4, 0.5) is 22.0 Å². The topological polar surface area (TPSA) is 17.1 Å². The molecule has 2 aromatic rings. The van der Waals surface area contributed by atoms with Crippen molar-refractivity contribution in [2.45, 2.75) is 6.18 Å². The van der Waals surface area contributed by atoms with Crippen molar-refractivity contribution in [1.82, 2.24) is 0 Å². The maximum Gasteiger partial charge on any atom is 0.419 e. The van der Waals surface area contributed by atoms with Gasteiger partial charge in [0.25, 0.3) is 0 Å². The van der Waals surface area contributed by atoms with Crippen LogP contribution in [0.5, 0.6) is 0 Å². The van der Waals surface area contributed by atoms with Crippen LogP contribution in [0.25, 0.3) is 0 Å². The lowest BCUT2D eigenvalue weighted by Gasteiger charge is -2.09. The van der Waals surface area contributed by atoms with E-state index >= 15 is 0 Å². The van der Waals surface area contributed by atoms with Crippen LogP contribution in [-0.2, 0) is 6.18 Å². The van der Waals surface area contributed by atoms with Gasteiger partial charge in [-0.05, 0) is 30.3 Å². The zero-order valence-electron chi connectivity index (χ0n) is 10.1. The predicted octanol–water partition coefficient (Wildman–Crippen LogP) is 4.87. The smallest absolute Gasteiger partial charge is 0.289 e. The van der Waals surface area contributed by atoms with E-state index in [2.05, 4.69) is 0 Å². The molecule has 0 spiro atoms. The number of benzene rings is 2. The lowest BCUT2D eigenvalue weighted by atomic mass is 10.0. The van der Waals surface area contributed by atoms with Crippen molar-refractivity contribution in [2.24, 2.45) is 0 Å². The van der Waals surface area contributed by atoms with Gasteiger partial charge in [-0.1, -0.05) is 17.7 Å². The minimum absolute atomic E-state index is 0.143. The van der Waals surface area contributed by atoms with E-state index < -0.39 is 29.2 Å². The van der Waals surface area contributed by atoms with Crippen molar-refractivity contribution in [2.75, 3.05) is 0 Å². The zero-order chi connectivity index (χ0) is 15.8. The van der Waals surface area contributed by atoms with Crippen molar-refractivity contribution in [3.05, 3.63) is 69.7 Å². The molecule has 0 N–H and O–H groups in total. The van der Waals surface area contributed by atoms with E-state index in [0.29, 0.717) is 12.1 Å². The first-order chi connectivity index (χ1) is 9.70. The number of hydrogen-bond donors (Lipinski definition) is 0. The largest absolute Gasteiger partial charge is 0.419 e. The van der Waals surface area contributed by atoms with E-state index in [0.717, 1.165) is 18.2 Å². The Bertz CT molecular complexity index is 709. The van der Waals surface area contributed by atoms with E-state index in [1.807, 2.05) is 0 Å². The molecule has 0 aliphatic rings. The van der Waals surface area contributed by atoms with Crippen molar-refractivity contribution >= 4 is 17.4 Å². The van der Waals surface area contributed by atoms with Gasteiger partial charge in [0.1, 0.15) is 11.6 Å². The highest BCUT2D eigenvalue weighted by molar-refractivity contribution is 6.30. The van der Waals surface area contributed by atoms with Crippen LogP contribution in [0, 0.1) is 11.6 Å². The van der Waals surface area contributed by atoms with Gasteiger partial charge < -0.3 is 0 Å². The zero-order valence-corrected chi connectivity index (χ0v) is 10.9. The summed E-state index contributed by atoms with van der Waals surface area (Å²) < 4.78 is 63.9. The summed E-state index contributed by atoms with van der Waals surface area (Å²) in [5.41, 5.74) is -1.93. The molecular weight excluding hydrogens is 315 g/mol. The van der Waals surface area contributed by atoms with Crippen LogP contribution in [0.1, 0.15) is 21.5 Å². The van der Waals surface area contributed by atoms with Crippen LogP contribution in [-0.4, -0.2) is 5.78 Å². The number of halogens is 6. The summed E-state index contributed by atoms with van der Waals surface area (Å²) in [6, 6.07) is 4.93. The third-order valence-electron chi connectivity index (χ3n) is 2.72. The second-order valence-corrected chi connectivity index (χ2v) is 4.56. The van der Waals surface area contributed by atoms with Crippen LogP contribution >= 0.6 is 11.6 Å². The quantitative estimate of drug-likeness (QED) is 0.570. The lowest BCUT2D eigenvalue weighted by Crippen LogP contribution is -2.10. The highest BCUT2D eigenvalue weighted by atomic mass is 35.5. The third kappa shape index (κ3) is 3.21. The molecule has 0 saturated heterocycles. The van der Waals surface area contributed by atoms with Gasteiger partial charge in [-0.25, -0.2) is 8.78 Å². The number of rotatable bonds is 2. The van der Waals surface area contributed by atoms with Crippen molar-refractivity contribution in [1.29, 1.82) is 0 Å². The highest BCUT2D eigenvalue weighted by Crippen LogP contribution is 2.32. The molecule has 110 valence electrons. The Labute approximate surface area is 121 Å². The Morgan fingerprint density at radius 2 is 1.43 bits per heavy atom. The average Bonchev–Trinajstić information content (AvgIpc) is 2.39. The molecule has 0 atom stereocenters. The van der Waals surface area contributed by atoms with Gasteiger partial charge in [0, 0.05) is 11.1 Å². The molecule has 2 aromatic carbocycles. The molecular formula is C14H6ClF5O. The average molecular weight is 321 g/mol. The Morgan fingerprint density at radius 3 is 1.90 bits per heavy atom. The van der Waals surface area contributed by atoms with E-state index in [-0.39, 0.29) is 16.1 Å². The van der Waals surface area contributed by atoms with E-state index in [1.165, 1.54) is 6.07 Å². The van der Waals surface area contributed by atoms with Gasteiger partial charge in [-0.15, -0.1) is 0 Å². The fourth-order valence-corrected chi connectivity index (χ4v) is 1.81. The summed E-state index contributed by atoms with van der Waals surface area (Å²) in [6.07, 6.45) is -4.85. The van der Waals surface area contributed by atoms with Gasteiger partial charge in [0.15, 0.2) is 5.78 Å². The summed E-state index contributed by atoms with van der Waals surface area (Å²) in [6.45, 7) is 0. The monoisotopic (exact) mass is 320 g/mol. The summed E-state index contributed by atoms with van der Waals surface area (Å²) >= 11 is 5.46. The molecule has 0 aliphatic heterocycles. The minimum Gasteiger partial charge on any atom is -0.289 e. The first-order valence-electron chi connectivity index (χ1n) is 5.56. The molecule has 0 saturated carbocycles. The van der Waals surface area contributed by atoms with Crippen molar-refractivity contribution in [3.8, 4) is 0 Å². The molecule has 0 amide bonds. The predicted molar refractivity (Wildman–Crippen MR) is 66.2 cm³/mol. The fourth-order valence-electron chi connectivity index (χ4n) is 1.69. The van der Waals surface area contributed by atoms with Gasteiger partial charge in [-0.2, -0.15) is 13.2 Å². The third-order valence-corrected chi connectivity index (χ3v) is 3.02. The van der Waals surface area contributed by atoms with E-state index in [4.69, 9.17) is 11.6 Å². The molecule has 0 bridgehead atoms. The fraction of sp³-hybridized carbons (Fsp3) is 0.0714. The SMILES string of the molecule is O=C(c1ccc(Cl)c(F)c1)c1ccc(C(F)(F)F)c(F)c1. The number of ketones is 1. The number of hydrogen-bond acceptors (Lipinski definition) is 1. The van der Waals surface area contributed by atoms with Crippen LogP contribution < -0.4 is 0 Å². The molecule has 1 nitrogen and oxygen atoms in total. The van der Waals surface area contributed by atoms with Crippen molar-refractivity contribution < 1.29 is 26.7 Å². The van der Waals surface area contributed by atoms with Crippen LogP contribution in [0.15, 0.2) is 36.4 Å². The van der Waals surface area contributed by atoms with Gasteiger partial charge >= 0.3 is 6.18 Å². The lowest BCUT2D eigenvalue weighted by molar-refractivity contribution is -0.140. The first kappa shape index (κ1) is 15.4. The minimum atomic E-state index is -4.85. The first-order valence-corrected chi connectivity index (χ1v) is 5.94. The summed E-state index contributed by atoms with van der Waals surface area (Å²) in [4.78, 5) is 12.0. The normalized spacial score (nSPS) is 11.5. The van der Waals surface area contributed by atoms with Crippen molar-refractivity contribution in [3.63, 3.8) is 0 Å². The molecule has 0 unspecified atom stereocenters. The maximum atomic E-state index is 13.4. The molecule has 0 radical (unpaired) electrons. The maximum absolute atomic E-state index is 13.4. The molecule has 7 heteroatoms. The van der Waals surface area contributed by atoms with E-state index in [9.17, 15) is 26.7 Å². The number of alkyl halides is 3. The molecule has 0 aromatic heterocycles. The highest BCUT2D eigenvalue weighted by Gasteiger charge is 2.34. The van der Waals surface area contributed by atoms with Gasteiger partial charge in [0.2, 0.25) is 0 Å².